The van der Waals surface area contributed by atoms with Crippen molar-refractivity contribution >= 4 is 33.8 Å². The van der Waals surface area contributed by atoms with Gasteiger partial charge in [-0.05, 0) is 35.8 Å². The van der Waals surface area contributed by atoms with Gasteiger partial charge in [0.05, 0.1) is 19.3 Å². The molecule has 0 saturated carbocycles. The molecule has 0 N–H and O–H groups in total. The summed E-state index contributed by atoms with van der Waals surface area (Å²) in [5, 5.41) is 5.27. The summed E-state index contributed by atoms with van der Waals surface area (Å²) < 4.78 is 4.74. The van der Waals surface area contributed by atoms with Gasteiger partial charge in [-0.25, -0.2) is 4.98 Å². The summed E-state index contributed by atoms with van der Waals surface area (Å²) in [6.45, 7) is 6.13. The van der Waals surface area contributed by atoms with Gasteiger partial charge in [0.25, 0.3) is 0 Å². The third-order valence-electron chi connectivity index (χ3n) is 4.85. The minimum atomic E-state index is -0.142. The predicted octanol–water partition coefficient (Wildman–Crippen LogP) is 6.34. The number of thiazole rings is 1. The molecule has 0 spiro atoms. The quantitative estimate of drug-likeness (QED) is 0.279. The first kappa shape index (κ1) is 21.5. The van der Waals surface area contributed by atoms with Gasteiger partial charge >= 0.3 is 5.97 Å². The number of hydrogen-bond acceptors (Lipinski definition) is 6. The molecule has 0 amide bonds. The number of esters is 1. The number of methoxy groups -OCH3 is 1. The molecule has 0 unspecified atom stereocenters. The minimum absolute atomic E-state index is 0.142. The second kappa shape index (κ2) is 10.6. The molecule has 3 rings (SSSR count). The van der Waals surface area contributed by atoms with Crippen molar-refractivity contribution in [1.29, 1.82) is 0 Å². The van der Waals surface area contributed by atoms with Gasteiger partial charge in [0.2, 0.25) is 0 Å². The molecule has 0 bridgehead atoms. The van der Waals surface area contributed by atoms with Crippen LogP contribution in [-0.4, -0.2) is 24.6 Å². The maximum Gasteiger partial charge on any atom is 0.305 e. The van der Waals surface area contributed by atoms with Gasteiger partial charge in [0.1, 0.15) is 0 Å². The zero-order chi connectivity index (χ0) is 20.6. The van der Waals surface area contributed by atoms with E-state index < -0.39 is 0 Å². The van der Waals surface area contributed by atoms with Crippen LogP contribution in [0.3, 0.4) is 0 Å². The number of benzene rings is 1. The zero-order valence-corrected chi connectivity index (χ0v) is 18.9. The molecule has 2 aromatic heterocycles. The van der Waals surface area contributed by atoms with Crippen molar-refractivity contribution in [3.05, 3.63) is 57.6 Å². The van der Waals surface area contributed by atoms with Gasteiger partial charge in [-0.15, -0.1) is 22.7 Å². The van der Waals surface area contributed by atoms with E-state index in [1.807, 2.05) is 0 Å². The number of ether oxygens (including phenoxy) is 1. The molecule has 4 nitrogen and oxygen atoms in total. The number of anilines is 1. The molecule has 6 heteroatoms. The second-order valence-electron chi connectivity index (χ2n) is 7.33. The predicted molar refractivity (Wildman–Crippen MR) is 123 cm³/mol. The average molecular weight is 429 g/mol. The first-order valence-corrected chi connectivity index (χ1v) is 11.7. The van der Waals surface area contributed by atoms with E-state index in [2.05, 4.69) is 65.9 Å². The molecule has 0 atom stereocenters. The Hall–Kier alpha value is -2.18. The number of nitrogens with zero attached hydrogens (tertiary/aromatic N) is 2. The molecule has 0 aliphatic heterocycles. The third kappa shape index (κ3) is 6.15. The highest BCUT2D eigenvalue weighted by Gasteiger charge is 2.14. The number of unbranched alkanes of at least 4 members (excludes halogenated alkanes) is 1. The van der Waals surface area contributed by atoms with Crippen molar-refractivity contribution in [2.24, 2.45) is 0 Å². The van der Waals surface area contributed by atoms with E-state index in [1.54, 1.807) is 22.7 Å². The fraction of sp³-hybridized carbons (Fsp3) is 0.391. The molecule has 0 aliphatic rings. The van der Waals surface area contributed by atoms with Crippen molar-refractivity contribution in [2.45, 2.75) is 45.6 Å². The van der Waals surface area contributed by atoms with Gasteiger partial charge < -0.3 is 9.64 Å². The van der Waals surface area contributed by atoms with Gasteiger partial charge in [-0.1, -0.05) is 44.2 Å². The Balaban J connectivity index is 1.70. The van der Waals surface area contributed by atoms with Gasteiger partial charge in [-0.2, -0.15) is 0 Å². The molecule has 0 fully saturated rings. The first-order valence-electron chi connectivity index (χ1n) is 9.97. The largest absolute Gasteiger partial charge is 0.469 e. The second-order valence-corrected chi connectivity index (χ2v) is 9.19. The number of thiophene rings is 1. The Labute approximate surface area is 181 Å². The molecule has 1 aromatic carbocycles. The van der Waals surface area contributed by atoms with E-state index in [0.717, 1.165) is 42.3 Å². The monoisotopic (exact) mass is 428 g/mol. The lowest BCUT2D eigenvalue weighted by molar-refractivity contribution is -0.140. The fourth-order valence-electron chi connectivity index (χ4n) is 3.09. The first-order chi connectivity index (χ1) is 14.1. The molecule has 0 saturated heterocycles. The van der Waals surface area contributed by atoms with Crippen LogP contribution in [0.1, 0.15) is 49.5 Å². The Morgan fingerprint density at radius 3 is 2.59 bits per heavy atom. The summed E-state index contributed by atoms with van der Waals surface area (Å²) in [7, 11) is 1.44. The summed E-state index contributed by atoms with van der Waals surface area (Å²) in [6.07, 6.45) is 2.22. The molecular formula is C23H28N2O2S2. The van der Waals surface area contributed by atoms with E-state index in [0.29, 0.717) is 12.3 Å². The van der Waals surface area contributed by atoms with Gasteiger partial charge in [0.15, 0.2) is 5.13 Å². The van der Waals surface area contributed by atoms with Gasteiger partial charge in [-0.3, -0.25) is 4.79 Å². The van der Waals surface area contributed by atoms with E-state index in [1.165, 1.54) is 17.6 Å². The Morgan fingerprint density at radius 2 is 1.93 bits per heavy atom. The maximum absolute atomic E-state index is 11.4. The Kier molecular flexibility index (Phi) is 7.83. The smallest absolute Gasteiger partial charge is 0.305 e. The molecule has 3 aromatic rings. The standard InChI is InChI=1S/C23H28N2O2S2/c1-17(2)18-9-11-19(12-10-18)21-16-29-23(24-21)25(15-20-7-6-14-28-20)13-5-4-8-22(26)27-3/h6-7,9-12,14,16-17H,4-5,8,13,15H2,1-3H3. The topological polar surface area (TPSA) is 42.4 Å². The summed E-state index contributed by atoms with van der Waals surface area (Å²) in [5.41, 5.74) is 3.51. The fourth-order valence-corrected chi connectivity index (χ4v) is 4.67. The van der Waals surface area contributed by atoms with Crippen LogP contribution in [0.25, 0.3) is 11.3 Å². The number of carbonyl (C=O) groups is 1. The van der Waals surface area contributed by atoms with Crippen molar-refractivity contribution < 1.29 is 9.53 Å². The van der Waals surface area contributed by atoms with Gasteiger partial charge in [0, 0.05) is 28.8 Å². The van der Waals surface area contributed by atoms with Crippen LogP contribution in [0.5, 0.6) is 0 Å². The molecule has 2 heterocycles. The van der Waals surface area contributed by atoms with Crippen molar-refractivity contribution in [1.82, 2.24) is 4.98 Å². The number of carbonyl (C=O) groups excluding carboxylic acids is 1. The lowest BCUT2D eigenvalue weighted by Gasteiger charge is -2.21. The third-order valence-corrected chi connectivity index (χ3v) is 6.61. The summed E-state index contributed by atoms with van der Waals surface area (Å²) in [4.78, 5) is 19.9. The molecular weight excluding hydrogens is 400 g/mol. The molecule has 0 radical (unpaired) electrons. The Morgan fingerprint density at radius 1 is 1.14 bits per heavy atom. The Bertz CT molecular complexity index is 886. The van der Waals surface area contributed by atoms with Crippen LogP contribution in [-0.2, 0) is 16.1 Å². The van der Waals surface area contributed by atoms with Crippen LogP contribution in [0.2, 0.25) is 0 Å². The van der Waals surface area contributed by atoms with E-state index in [-0.39, 0.29) is 5.97 Å². The molecule has 0 aliphatic carbocycles. The van der Waals surface area contributed by atoms with Crippen molar-refractivity contribution in [2.75, 3.05) is 18.6 Å². The van der Waals surface area contributed by atoms with Crippen molar-refractivity contribution in [3.63, 3.8) is 0 Å². The lowest BCUT2D eigenvalue weighted by atomic mass is 10.0. The lowest BCUT2D eigenvalue weighted by Crippen LogP contribution is -2.23. The minimum Gasteiger partial charge on any atom is -0.469 e. The number of rotatable bonds is 10. The highest BCUT2D eigenvalue weighted by molar-refractivity contribution is 7.14. The maximum atomic E-state index is 11.4. The highest BCUT2D eigenvalue weighted by atomic mass is 32.1. The molecule has 29 heavy (non-hydrogen) atoms. The van der Waals surface area contributed by atoms with Crippen LogP contribution >= 0.6 is 22.7 Å². The zero-order valence-electron chi connectivity index (χ0n) is 17.3. The van der Waals surface area contributed by atoms with E-state index >= 15 is 0 Å². The van der Waals surface area contributed by atoms with Crippen molar-refractivity contribution in [3.8, 4) is 11.3 Å². The average Bonchev–Trinajstić information content (AvgIpc) is 3.42. The number of hydrogen-bond donors (Lipinski definition) is 0. The summed E-state index contributed by atoms with van der Waals surface area (Å²) in [5.74, 6) is 0.387. The van der Waals surface area contributed by atoms with E-state index in [4.69, 9.17) is 9.72 Å². The van der Waals surface area contributed by atoms with Crippen LogP contribution in [0, 0.1) is 0 Å². The SMILES string of the molecule is COC(=O)CCCCN(Cc1cccs1)c1nc(-c2ccc(C(C)C)cc2)cs1. The normalized spacial score (nSPS) is 11.0. The van der Waals surface area contributed by atoms with Crippen LogP contribution in [0.15, 0.2) is 47.2 Å². The van der Waals surface area contributed by atoms with Crippen LogP contribution < -0.4 is 4.90 Å². The summed E-state index contributed by atoms with van der Waals surface area (Å²) >= 11 is 3.44. The number of aromatic nitrogens is 1. The van der Waals surface area contributed by atoms with E-state index in [9.17, 15) is 4.79 Å². The van der Waals surface area contributed by atoms with Crippen LogP contribution in [0.4, 0.5) is 5.13 Å². The highest BCUT2D eigenvalue weighted by Crippen LogP contribution is 2.30. The molecule has 154 valence electrons. The summed E-state index contributed by atoms with van der Waals surface area (Å²) in [6, 6.07) is 12.9.